The molecule has 2 rings (SSSR count). The number of rotatable bonds is 5. The molecule has 1 saturated carbocycles. The Labute approximate surface area is 125 Å². The summed E-state index contributed by atoms with van der Waals surface area (Å²) in [5, 5.41) is 2.99. The van der Waals surface area contributed by atoms with Crippen molar-refractivity contribution >= 4 is 29.0 Å². The number of nitrogens with one attached hydrogen (secondary N) is 1. The number of anilines is 2. The molecular formula is C16H24N2OS. The van der Waals surface area contributed by atoms with Crippen LogP contribution in [0.5, 0.6) is 0 Å². The molecule has 110 valence electrons. The summed E-state index contributed by atoms with van der Waals surface area (Å²) in [4.78, 5) is 12.2. The van der Waals surface area contributed by atoms with Gasteiger partial charge >= 0.3 is 0 Å². The van der Waals surface area contributed by atoms with Crippen LogP contribution in [0, 0.1) is 12.8 Å². The van der Waals surface area contributed by atoms with E-state index in [1.54, 1.807) is 11.8 Å². The van der Waals surface area contributed by atoms with Crippen LogP contribution in [0.3, 0.4) is 0 Å². The summed E-state index contributed by atoms with van der Waals surface area (Å²) in [5.74, 6) is 2.00. The normalized spacial score (nSPS) is 17.1. The van der Waals surface area contributed by atoms with Gasteiger partial charge < -0.3 is 11.1 Å². The topological polar surface area (TPSA) is 55.1 Å². The summed E-state index contributed by atoms with van der Waals surface area (Å²) in [6.45, 7) is 3.95. The molecule has 1 aliphatic carbocycles. The van der Waals surface area contributed by atoms with E-state index >= 15 is 0 Å². The molecule has 1 aliphatic rings. The van der Waals surface area contributed by atoms with Crippen molar-refractivity contribution in [3.8, 4) is 0 Å². The van der Waals surface area contributed by atoms with Crippen molar-refractivity contribution in [3.63, 3.8) is 0 Å². The molecule has 1 atom stereocenters. The standard InChI is InChI=1S/C16H24N2OS/c1-11-9-14(17)7-8-15(11)18-16(19)12(2)20-10-13-5-3-4-6-13/h7-9,12-13H,3-6,10,17H2,1-2H3,(H,18,19). The SMILES string of the molecule is Cc1cc(N)ccc1NC(=O)C(C)SCC1CCCC1. The summed E-state index contributed by atoms with van der Waals surface area (Å²) < 4.78 is 0. The highest BCUT2D eigenvalue weighted by Crippen LogP contribution is 2.29. The minimum absolute atomic E-state index is 0.00690. The molecule has 0 aliphatic heterocycles. The van der Waals surface area contributed by atoms with E-state index < -0.39 is 0 Å². The van der Waals surface area contributed by atoms with Gasteiger partial charge in [-0.3, -0.25) is 4.79 Å². The Morgan fingerprint density at radius 1 is 1.45 bits per heavy atom. The van der Waals surface area contributed by atoms with Crippen molar-refractivity contribution in [2.75, 3.05) is 16.8 Å². The highest BCUT2D eigenvalue weighted by molar-refractivity contribution is 8.00. The van der Waals surface area contributed by atoms with Gasteiger partial charge in [-0.05, 0) is 62.1 Å². The third-order valence-corrected chi connectivity index (χ3v) is 5.31. The lowest BCUT2D eigenvalue weighted by Crippen LogP contribution is -2.23. The Morgan fingerprint density at radius 3 is 2.80 bits per heavy atom. The fourth-order valence-electron chi connectivity index (χ4n) is 2.59. The summed E-state index contributed by atoms with van der Waals surface area (Å²) >= 11 is 1.77. The zero-order valence-corrected chi connectivity index (χ0v) is 13.1. The molecule has 1 aromatic carbocycles. The van der Waals surface area contributed by atoms with E-state index in [1.807, 2.05) is 32.0 Å². The van der Waals surface area contributed by atoms with Gasteiger partial charge in [0.2, 0.25) is 5.91 Å². The molecule has 20 heavy (non-hydrogen) atoms. The first-order valence-corrected chi connectivity index (χ1v) is 8.39. The first-order valence-electron chi connectivity index (χ1n) is 7.35. The molecule has 0 spiro atoms. The fourth-order valence-corrected chi connectivity index (χ4v) is 3.70. The van der Waals surface area contributed by atoms with E-state index in [9.17, 15) is 4.79 Å². The smallest absolute Gasteiger partial charge is 0.237 e. The minimum Gasteiger partial charge on any atom is -0.399 e. The largest absolute Gasteiger partial charge is 0.399 e. The number of thioether (sulfide) groups is 1. The van der Waals surface area contributed by atoms with Gasteiger partial charge in [-0.25, -0.2) is 0 Å². The van der Waals surface area contributed by atoms with Gasteiger partial charge in [-0.1, -0.05) is 12.8 Å². The summed E-state index contributed by atoms with van der Waals surface area (Å²) in [6, 6.07) is 5.57. The second-order valence-corrected chi connectivity index (χ2v) is 7.06. The number of nitrogens with two attached hydrogens (primary N) is 1. The van der Waals surface area contributed by atoms with E-state index in [4.69, 9.17) is 5.73 Å². The molecular weight excluding hydrogens is 268 g/mol. The number of aryl methyl sites for hydroxylation is 1. The summed E-state index contributed by atoms with van der Waals surface area (Å²) in [6.07, 6.45) is 5.38. The van der Waals surface area contributed by atoms with Crippen LogP contribution in [-0.4, -0.2) is 16.9 Å². The number of carbonyl (C=O) groups excluding carboxylic acids is 1. The Balaban J connectivity index is 1.83. The van der Waals surface area contributed by atoms with Gasteiger partial charge in [-0.2, -0.15) is 0 Å². The minimum atomic E-state index is -0.00690. The van der Waals surface area contributed by atoms with Crippen LogP contribution >= 0.6 is 11.8 Å². The Bertz CT molecular complexity index is 470. The van der Waals surface area contributed by atoms with E-state index in [-0.39, 0.29) is 11.2 Å². The average molecular weight is 292 g/mol. The van der Waals surface area contributed by atoms with Gasteiger partial charge in [0.1, 0.15) is 0 Å². The Morgan fingerprint density at radius 2 is 2.15 bits per heavy atom. The van der Waals surface area contributed by atoms with Gasteiger partial charge in [-0.15, -0.1) is 11.8 Å². The highest BCUT2D eigenvalue weighted by atomic mass is 32.2. The Hall–Kier alpha value is -1.16. The van der Waals surface area contributed by atoms with Crippen LogP contribution < -0.4 is 11.1 Å². The number of benzene rings is 1. The van der Waals surface area contributed by atoms with E-state index in [1.165, 1.54) is 25.7 Å². The van der Waals surface area contributed by atoms with Crippen LogP contribution in [0.15, 0.2) is 18.2 Å². The highest BCUT2D eigenvalue weighted by Gasteiger charge is 2.19. The molecule has 0 saturated heterocycles. The van der Waals surface area contributed by atoms with Crippen LogP contribution in [0.2, 0.25) is 0 Å². The van der Waals surface area contributed by atoms with Crippen LogP contribution in [0.25, 0.3) is 0 Å². The number of amides is 1. The molecule has 4 heteroatoms. The molecule has 0 aromatic heterocycles. The lowest BCUT2D eigenvalue weighted by Gasteiger charge is -2.15. The maximum absolute atomic E-state index is 12.2. The van der Waals surface area contributed by atoms with Crippen molar-refractivity contribution in [3.05, 3.63) is 23.8 Å². The first kappa shape index (κ1) is 15.2. The monoisotopic (exact) mass is 292 g/mol. The second kappa shape index (κ2) is 7.02. The quantitative estimate of drug-likeness (QED) is 0.811. The zero-order valence-electron chi connectivity index (χ0n) is 12.3. The molecule has 1 amide bonds. The van der Waals surface area contributed by atoms with E-state index in [2.05, 4.69) is 5.32 Å². The second-order valence-electron chi connectivity index (χ2n) is 5.69. The number of carbonyl (C=O) groups is 1. The number of nitrogen functional groups attached to an aromatic ring is 1. The van der Waals surface area contributed by atoms with E-state index in [0.29, 0.717) is 0 Å². The summed E-state index contributed by atoms with van der Waals surface area (Å²) in [5.41, 5.74) is 8.31. The molecule has 3 nitrogen and oxygen atoms in total. The molecule has 0 bridgehead atoms. The lowest BCUT2D eigenvalue weighted by molar-refractivity contribution is -0.115. The first-order chi connectivity index (χ1) is 9.56. The van der Waals surface area contributed by atoms with E-state index in [0.717, 1.165) is 28.6 Å². The third kappa shape index (κ3) is 4.17. The van der Waals surface area contributed by atoms with Gasteiger partial charge in [0.05, 0.1) is 5.25 Å². The number of hydrogen-bond acceptors (Lipinski definition) is 3. The predicted octanol–water partition coefficient (Wildman–Crippen LogP) is 3.83. The predicted molar refractivity (Wildman–Crippen MR) is 88.1 cm³/mol. The molecule has 1 aromatic rings. The van der Waals surface area contributed by atoms with Crippen LogP contribution in [0.4, 0.5) is 11.4 Å². The van der Waals surface area contributed by atoms with Crippen LogP contribution in [0.1, 0.15) is 38.2 Å². The zero-order chi connectivity index (χ0) is 14.5. The third-order valence-electron chi connectivity index (χ3n) is 3.93. The van der Waals surface area contributed by atoms with Crippen LogP contribution in [-0.2, 0) is 4.79 Å². The molecule has 1 unspecified atom stereocenters. The van der Waals surface area contributed by atoms with Crippen molar-refractivity contribution in [1.29, 1.82) is 0 Å². The van der Waals surface area contributed by atoms with Gasteiger partial charge in [0.15, 0.2) is 0 Å². The van der Waals surface area contributed by atoms with Crippen molar-refractivity contribution in [2.45, 2.75) is 44.8 Å². The maximum atomic E-state index is 12.2. The fraction of sp³-hybridized carbons (Fsp3) is 0.562. The van der Waals surface area contributed by atoms with Gasteiger partial charge in [0, 0.05) is 11.4 Å². The maximum Gasteiger partial charge on any atom is 0.237 e. The van der Waals surface area contributed by atoms with Crippen molar-refractivity contribution in [2.24, 2.45) is 5.92 Å². The number of hydrogen-bond donors (Lipinski definition) is 2. The molecule has 0 heterocycles. The lowest BCUT2D eigenvalue weighted by atomic mass is 10.1. The van der Waals surface area contributed by atoms with Crippen molar-refractivity contribution < 1.29 is 4.79 Å². The average Bonchev–Trinajstić information content (AvgIpc) is 2.92. The summed E-state index contributed by atoms with van der Waals surface area (Å²) in [7, 11) is 0. The molecule has 1 fully saturated rings. The Kier molecular flexibility index (Phi) is 5.35. The van der Waals surface area contributed by atoms with Gasteiger partial charge in [0.25, 0.3) is 0 Å². The molecule has 0 radical (unpaired) electrons. The van der Waals surface area contributed by atoms with Crippen molar-refractivity contribution in [1.82, 2.24) is 0 Å². The molecule has 3 N–H and O–H groups in total.